The number of nitrogens with zero attached hydrogens (tertiary/aromatic N) is 1. The van der Waals surface area contributed by atoms with Crippen LogP contribution in [0.15, 0.2) is 58.6 Å². The topological polar surface area (TPSA) is 101 Å². The molecule has 32 heavy (non-hydrogen) atoms. The molecule has 0 saturated carbocycles. The highest BCUT2D eigenvalue weighted by atomic mass is 79.9. The van der Waals surface area contributed by atoms with Crippen LogP contribution in [-0.2, 0) is 19.4 Å². The van der Waals surface area contributed by atoms with Crippen molar-refractivity contribution in [3.63, 3.8) is 0 Å². The van der Waals surface area contributed by atoms with Crippen LogP contribution in [-0.4, -0.2) is 54.3 Å². The molecule has 2 heterocycles. The largest absolute Gasteiger partial charge is 0.507 e. The first-order valence-electron chi connectivity index (χ1n) is 10.2. The van der Waals surface area contributed by atoms with Crippen molar-refractivity contribution >= 4 is 43.2 Å². The Morgan fingerprint density at radius 2 is 1.91 bits per heavy atom. The standard InChI is InChI=1S/C23H22BrNO6S/c1-2-31-18-8-6-14(7-9-18)21(26)19-20(15-4-3-5-16(24)12-15)25(23(28)22(19)27)17-10-11-32(29,30)13-17/h3-9,12,17,20,26H,2,10-11,13H2,1H3/t17-,20+/m1/s1. The average Bonchev–Trinajstić information content (AvgIpc) is 3.24. The van der Waals surface area contributed by atoms with Crippen molar-refractivity contribution in [2.75, 3.05) is 18.1 Å². The van der Waals surface area contributed by atoms with Crippen LogP contribution in [0.5, 0.6) is 5.75 Å². The molecular formula is C23H22BrNO6S. The first-order chi connectivity index (χ1) is 15.2. The van der Waals surface area contributed by atoms with Crippen LogP contribution in [0.3, 0.4) is 0 Å². The van der Waals surface area contributed by atoms with Crippen molar-refractivity contribution in [1.82, 2.24) is 4.90 Å². The summed E-state index contributed by atoms with van der Waals surface area (Å²) in [5, 5.41) is 11.1. The lowest BCUT2D eigenvalue weighted by Gasteiger charge is -2.30. The van der Waals surface area contributed by atoms with E-state index in [2.05, 4.69) is 15.9 Å². The number of amides is 1. The van der Waals surface area contributed by atoms with E-state index >= 15 is 0 Å². The summed E-state index contributed by atoms with van der Waals surface area (Å²) in [5.74, 6) is -1.56. The minimum Gasteiger partial charge on any atom is -0.507 e. The van der Waals surface area contributed by atoms with Gasteiger partial charge in [0, 0.05) is 16.1 Å². The third-order valence-electron chi connectivity index (χ3n) is 5.69. The van der Waals surface area contributed by atoms with E-state index in [-0.39, 0.29) is 29.3 Å². The first-order valence-corrected chi connectivity index (χ1v) is 12.8. The van der Waals surface area contributed by atoms with E-state index in [1.807, 2.05) is 13.0 Å². The Kier molecular flexibility index (Phi) is 6.13. The third kappa shape index (κ3) is 4.19. The average molecular weight is 520 g/mol. The molecule has 0 radical (unpaired) electrons. The number of hydrogen-bond donors (Lipinski definition) is 1. The number of sulfone groups is 1. The van der Waals surface area contributed by atoms with E-state index in [9.17, 15) is 23.1 Å². The molecule has 2 aromatic rings. The van der Waals surface area contributed by atoms with Gasteiger partial charge in [0.05, 0.1) is 29.7 Å². The molecule has 2 aromatic carbocycles. The van der Waals surface area contributed by atoms with Gasteiger partial charge in [-0.25, -0.2) is 8.42 Å². The number of hydrogen-bond acceptors (Lipinski definition) is 6. The first kappa shape index (κ1) is 22.5. The second kappa shape index (κ2) is 8.71. The number of Topliss-reactive ketones (excluding diaryl/α,β-unsaturated/α-hetero) is 1. The molecule has 2 saturated heterocycles. The predicted molar refractivity (Wildman–Crippen MR) is 123 cm³/mol. The monoisotopic (exact) mass is 519 g/mol. The van der Waals surface area contributed by atoms with Crippen molar-refractivity contribution in [3.05, 3.63) is 69.7 Å². The lowest BCUT2D eigenvalue weighted by molar-refractivity contribution is -0.141. The Balaban J connectivity index is 1.85. The Morgan fingerprint density at radius 3 is 2.50 bits per heavy atom. The molecule has 0 bridgehead atoms. The van der Waals surface area contributed by atoms with E-state index in [0.717, 1.165) is 4.47 Å². The zero-order valence-electron chi connectivity index (χ0n) is 17.3. The fourth-order valence-electron chi connectivity index (χ4n) is 4.26. The number of likely N-dealkylation sites (tertiary alicyclic amines) is 1. The molecule has 2 aliphatic heterocycles. The maximum atomic E-state index is 13.1. The summed E-state index contributed by atoms with van der Waals surface area (Å²) in [4.78, 5) is 27.5. The molecule has 9 heteroatoms. The number of carbonyl (C=O) groups excluding carboxylic acids is 2. The number of carbonyl (C=O) groups is 2. The number of rotatable bonds is 5. The Labute approximate surface area is 194 Å². The maximum Gasteiger partial charge on any atom is 0.295 e. The molecule has 1 amide bonds. The number of aliphatic hydroxyl groups excluding tert-OH is 1. The predicted octanol–water partition coefficient (Wildman–Crippen LogP) is 3.46. The van der Waals surface area contributed by atoms with Gasteiger partial charge < -0.3 is 14.7 Å². The van der Waals surface area contributed by atoms with E-state index in [0.29, 0.717) is 23.5 Å². The van der Waals surface area contributed by atoms with Crippen molar-refractivity contribution in [3.8, 4) is 5.75 Å². The third-order valence-corrected chi connectivity index (χ3v) is 7.93. The lowest BCUT2D eigenvalue weighted by atomic mass is 9.94. The second-order valence-corrected chi connectivity index (χ2v) is 10.9. The van der Waals surface area contributed by atoms with Crippen LogP contribution in [0.2, 0.25) is 0 Å². The summed E-state index contributed by atoms with van der Waals surface area (Å²) < 4.78 is 30.4. The quantitative estimate of drug-likeness (QED) is 0.368. The smallest absolute Gasteiger partial charge is 0.295 e. The molecule has 0 aromatic heterocycles. The summed E-state index contributed by atoms with van der Waals surface area (Å²) in [6.45, 7) is 2.35. The molecule has 0 unspecified atom stereocenters. The van der Waals surface area contributed by atoms with Crippen LogP contribution in [0.4, 0.5) is 0 Å². The van der Waals surface area contributed by atoms with Gasteiger partial charge in [-0.3, -0.25) is 9.59 Å². The number of ether oxygens (including phenoxy) is 1. The van der Waals surface area contributed by atoms with Crippen LogP contribution in [0, 0.1) is 0 Å². The zero-order chi connectivity index (χ0) is 23.0. The van der Waals surface area contributed by atoms with Gasteiger partial charge >= 0.3 is 0 Å². The van der Waals surface area contributed by atoms with Gasteiger partial charge in [-0.15, -0.1) is 0 Å². The summed E-state index contributed by atoms with van der Waals surface area (Å²) in [7, 11) is -3.29. The van der Waals surface area contributed by atoms with Crippen LogP contribution in [0.25, 0.3) is 5.76 Å². The normalized spacial score (nSPS) is 24.1. The van der Waals surface area contributed by atoms with Gasteiger partial charge in [0.1, 0.15) is 11.5 Å². The van der Waals surface area contributed by atoms with Crippen molar-refractivity contribution in [1.29, 1.82) is 0 Å². The summed E-state index contributed by atoms with van der Waals surface area (Å²) in [5.41, 5.74) is 0.919. The van der Waals surface area contributed by atoms with E-state index < -0.39 is 33.6 Å². The van der Waals surface area contributed by atoms with Gasteiger partial charge in [-0.05, 0) is 55.3 Å². The van der Waals surface area contributed by atoms with Gasteiger partial charge in [-0.2, -0.15) is 0 Å². The van der Waals surface area contributed by atoms with E-state index in [1.165, 1.54) is 4.90 Å². The molecule has 4 rings (SSSR count). The highest BCUT2D eigenvalue weighted by Gasteiger charge is 2.50. The van der Waals surface area contributed by atoms with Gasteiger partial charge in [0.25, 0.3) is 11.7 Å². The van der Waals surface area contributed by atoms with Crippen LogP contribution in [0.1, 0.15) is 30.5 Å². The van der Waals surface area contributed by atoms with Crippen LogP contribution < -0.4 is 4.74 Å². The Morgan fingerprint density at radius 1 is 1.19 bits per heavy atom. The van der Waals surface area contributed by atoms with Gasteiger partial charge in [0.2, 0.25) is 0 Å². The van der Waals surface area contributed by atoms with Crippen LogP contribution >= 0.6 is 15.9 Å². The molecular weight excluding hydrogens is 498 g/mol. The molecule has 7 nitrogen and oxygen atoms in total. The SMILES string of the molecule is CCOc1ccc(C(O)=C2C(=O)C(=O)N([C@@H]3CCS(=O)(=O)C3)[C@H]2c2cccc(Br)c2)cc1. The zero-order valence-corrected chi connectivity index (χ0v) is 19.7. The summed E-state index contributed by atoms with van der Waals surface area (Å²) in [6.07, 6.45) is 0.253. The molecule has 2 atom stereocenters. The molecule has 2 aliphatic rings. The molecule has 2 fully saturated rings. The minimum absolute atomic E-state index is 0.0369. The van der Waals surface area contributed by atoms with Crippen molar-refractivity contribution in [2.24, 2.45) is 0 Å². The second-order valence-electron chi connectivity index (χ2n) is 7.78. The number of halogens is 1. The number of aliphatic hydroxyl groups is 1. The molecule has 168 valence electrons. The van der Waals surface area contributed by atoms with Crippen molar-refractivity contribution in [2.45, 2.75) is 25.4 Å². The maximum absolute atomic E-state index is 13.1. The number of benzene rings is 2. The molecule has 1 N–H and O–H groups in total. The summed E-state index contributed by atoms with van der Waals surface area (Å²) in [6, 6.07) is 12.1. The van der Waals surface area contributed by atoms with Crippen molar-refractivity contribution < 1.29 is 27.9 Å². The highest BCUT2D eigenvalue weighted by Crippen LogP contribution is 2.42. The van der Waals surface area contributed by atoms with E-state index in [1.54, 1.807) is 42.5 Å². The van der Waals surface area contributed by atoms with E-state index in [4.69, 9.17) is 4.74 Å². The Bertz CT molecular complexity index is 1210. The summed E-state index contributed by atoms with van der Waals surface area (Å²) >= 11 is 3.41. The Hall–Kier alpha value is -2.65. The molecule has 0 aliphatic carbocycles. The minimum atomic E-state index is -3.29. The van der Waals surface area contributed by atoms with Gasteiger partial charge in [-0.1, -0.05) is 28.1 Å². The van der Waals surface area contributed by atoms with Gasteiger partial charge in [0.15, 0.2) is 9.84 Å². The fourth-order valence-corrected chi connectivity index (χ4v) is 6.38. The molecule has 0 spiro atoms. The fraction of sp³-hybridized carbons (Fsp3) is 0.304. The highest BCUT2D eigenvalue weighted by molar-refractivity contribution is 9.10. The lowest BCUT2D eigenvalue weighted by Crippen LogP contribution is -2.40. The number of ketones is 1.